The molecule has 0 aromatic heterocycles. The fourth-order valence-corrected chi connectivity index (χ4v) is 2.30. The van der Waals surface area contributed by atoms with E-state index in [1.54, 1.807) is 7.11 Å². The summed E-state index contributed by atoms with van der Waals surface area (Å²) < 4.78 is 10.6. The van der Waals surface area contributed by atoms with Gasteiger partial charge in [0.1, 0.15) is 0 Å². The molecule has 0 bridgehead atoms. The van der Waals surface area contributed by atoms with Gasteiger partial charge in [-0.3, -0.25) is 4.90 Å². The van der Waals surface area contributed by atoms with Gasteiger partial charge in [0.05, 0.1) is 19.8 Å². The lowest BCUT2D eigenvalue weighted by Gasteiger charge is -2.41. The molecule has 4 nitrogen and oxygen atoms in total. The third-order valence-corrected chi connectivity index (χ3v) is 3.17. The topological polar surface area (TPSA) is 47.7 Å². The number of rotatable bonds is 5. The Bertz CT molecular complexity index is 178. The second-order valence-electron chi connectivity index (χ2n) is 4.40. The third-order valence-electron chi connectivity index (χ3n) is 3.17. The largest absolute Gasteiger partial charge is 0.384 e. The summed E-state index contributed by atoms with van der Waals surface area (Å²) in [6.45, 7) is 8.47. The predicted molar refractivity (Wildman–Crippen MR) is 60.9 cm³/mol. The summed E-state index contributed by atoms with van der Waals surface area (Å²) in [5, 5.41) is 0. The van der Waals surface area contributed by atoms with E-state index in [1.165, 1.54) is 0 Å². The van der Waals surface area contributed by atoms with Gasteiger partial charge in [-0.25, -0.2) is 0 Å². The Morgan fingerprint density at radius 2 is 2.33 bits per heavy atom. The average molecular weight is 216 g/mol. The van der Waals surface area contributed by atoms with E-state index in [2.05, 4.69) is 18.7 Å². The van der Waals surface area contributed by atoms with E-state index in [4.69, 9.17) is 15.2 Å². The zero-order chi connectivity index (χ0) is 11.3. The van der Waals surface area contributed by atoms with E-state index in [9.17, 15) is 0 Å². The summed E-state index contributed by atoms with van der Waals surface area (Å²) in [7, 11) is 1.74. The SMILES string of the molecule is COCC(C)C(CN)N1CCOCC1C. The molecule has 0 aliphatic carbocycles. The van der Waals surface area contributed by atoms with Crippen molar-refractivity contribution in [3.63, 3.8) is 0 Å². The molecule has 3 atom stereocenters. The molecule has 0 aromatic rings. The van der Waals surface area contributed by atoms with Crippen molar-refractivity contribution in [1.82, 2.24) is 4.90 Å². The maximum absolute atomic E-state index is 5.86. The molecule has 1 heterocycles. The maximum Gasteiger partial charge on any atom is 0.0619 e. The van der Waals surface area contributed by atoms with Crippen molar-refractivity contribution >= 4 is 0 Å². The monoisotopic (exact) mass is 216 g/mol. The highest BCUT2D eigenvalue weighted by Crippen LogP contribution is 2.16. The molecule has 0 amide bonds. The van der Waals surface area contributed by atoms with Crippen molar-refractivity contribution in [2.75, 3.05) is 40.0 Å². The standard InChI is InChI=1S/C11H24N2O2/c1-9(7-14-3)11(6-12)13-4-5-15-8-10(13)2/h9-11H,4-8,12H2,1-3H3. The number of nitrogens with zero attached hydrogens (tertiary/aromatic N) is 1. The molecule has 1 rings (SSSR count). The van der Waals surface area contributed by atoms with E-state index in [1.807, 2.05) is 0 Å². The first-order chi connectivity index (χ1) is 7.20. The van der Waals surface area contributed by atoms with Gasteiger partial charge < -0.3 is 15.2 Å². The summed E-state index contributed by atoms with van der Waals surface area (Å²) in [4.78, 5) is 2.45. The van der Waals surface area contributed by atoms with Crippen LogP contribution in [0.5, 0.6) is 0 Å². The molecule has 90 valence electrons. The van der Waals surface area contributed by atoms with Crippen molar-refractivity contribution in [3.05, 3.63) is 0 Å². The van der Waals surface area contributed by atoms with E-state index in [-0.39, 0.29) is 0 Å². The Kier molecular flexibility index (Phi) is 5.53. The Labute approximate surface area is 92.7 Å². The van der Waals surface area contributed by atoms with Crippen molar-refractivity contribution in [3.8, 4) is 0 Å². The molecule has 2 N–H and O–H groups in total. The van der Waals surface area contributed by atoms with Gasteiger partial charge in [-0.1, -0.05) is 6.92 Å². The number of hydrogen-bond acceptors (Lipinski definition) is 4. The van der Waals surface area contributed by atoms with Gasteiger partial charge in [-0.2, -0.15) is 0 Å². The molecule has 0 radical (unpaired) electrons. The van der Waals surface area contributed by atoms with Crippen LogP contribution in [-0.2, 0) is 9.47 Å². The Balaban J connectivity index is 2.54. The summed E-state index contributed by atoms with van der Waals surface area (Å²) in [5.41, 5.74) is 5.86. The van der Waals surface area contributed by atoms with Crippen LogP contribution in [-0.4, -0.2) is 57.0 Å². The maximum atomic E-state index is 5.86. The van der Waals surface area contributed by atoms with Crippen LogP contribution in [0.1, 0.15) is 13.8 Å². The molecule has 1 saturated heterocycles. The lowest BCUT2D eigenvalue weighted by Crippen LogP contribution is -2.54. The number of hydrogen-bond donors (Lipinski definition) is 1. The summed E-state index contributed by atoms with van der Waals surface area (Å²) in [6.07, 6.45) is 0. The van der Waals surface area contributed by atoms with Crippen molar-refractivity contribution < 1.29 is 9.47 Å². The minimum atomic E-state index is 0.406. The van der Waals surface area contributed by atoms with Crippen LogP contribution in [0, 0.1) is 5.92 Å². The zero-order valence-corrected chi connectivity index (χ0v) is 10.1. The smallest absolute Gasteiger partial charge is 0.0619 e. The molecule has 4 heteroatoms. The Hall–Kier alpha value is -0.160. The second-order valence-corrected chi connectivity index (χ2v) is 4.40. The van der Waals surface area contributed by atoms with Gasteiger partial charge in [0.2, 0.25) is 0 Å². The molecule has 0 aromatic carbocycles. The van der Waals surface area contributed by atoms with Crippen molar-refractivity contribution in [2.24, 2.45) is 11.7 Å². The molecular weight excluding hydrogens is 192 g/mol. The fourth-order valence-electron chi connectivity index (χ4n) is 2.30. The van der Waals surface area contributed by atoms with Gasteiger partial charge in [0, 0.05) is 32.3 Å². The fraction of sp³-hybridized carbons (Fsp3) is 1.00. The Morgan fingerprint density at radius 3 is 2.87 bits per heavy atom. The number of methoxy groups -OCH3 is 1. The second kappa shape index (κ2) is 6.43. The lowest BCUT2D eigenvalue weighted by atomic mass is 9.99. The van der Waals surface area contributed by atoms with Gasteiger partial charge in [0.25, 0.3) is 0 Å². The summed E-state index contributed by atoms with van der Waals surface area (Å²) in [5.74, 6) is 0.473. The number of morpholine rings is 1. The van der Waals surface area contributed by atoms with Crippen LogP contribution < -0.4 is 5.73 Å². The average Bonchev–Trinajstić information content (AvgIpc) is 2.22. The van der Waals surface area contributed by atoms with Crippen LogP contribution >= 0.6 is 0 Å². The van der Waals surface area contributed by atoms with Crippen LogP contribution in [0.25, 0.3) is 0 Å². The third kappa shape index (κ3) is 3.41. The summed E-state index contributed by atoms with van der Waals surface area (Å²) in [6, 6.07) is 0.871. The van der Waals surface area contributed by atoms with Gasteiger partial charge in [-0.05, 0) is 12.8 Å². The van der Waals surface area contributed by atoms with E-state index >= 15 is 0 Å². The minimum Gasteiger partial charge on any atom is -0.384 e. The molecular formula is C11H24N2O2. The summed E-state index contributed by atoms with van der Waals surface area (Å²) >= 11 is 0. The van der Waals surface area contributed by atoms with Crippen LogP contribution in [0.3, 0.4) is 0 Å². The quantitative estimate of drug-likeness (QED) is 0.719. The van der Waals surface area contributed by atoms with Gasteiger partial charge in [0.15, 0.2) is 0 Å². The van der Waals surface area contributed by atoms with Crippen LogP contribution in [0.2, 0.25) is 0 Å². The number of ether oxygens (including phenoxy) is 2. The molecule has 15 heavy (non-hydrogen) atoms. The van der Waals surface area contributed by atoms with E-state index in [0.717, 1.165) is 26.4 Å². The molecule has 0 spiro atoms. The van der Waals surface area contributed by atoms with E-state index in [0.29, 0.717) is 24.5 Å². The minimum absolute atomic E-state index is 0.406. The first kappa shape index (κ1) is 12.9. The molecule has 1 fully saturated rings. The molecule has 1 aliphatic rings. The van der Waals surface area contributed by atoms with Crippen LogP contribution in [0.15, 0.2) is 0 Å². The van der Waals surface area contributed by atoms with Gasteiger partial charge in [-0.15, -0.1) is 0 Å². The predicted octanol–water partition coefficient (Wildman–Crippen LogP) is 0.317. The lowest BCUT2D eigenvalue weighted by molar-refractivity contribution is -0.0383. The van der Waals surface area contributed by atoms with Crippen LogP contribution in [0.4, 0.5) is 0 Å². The molecule has 3 unspecified atom stereocenters. The normalized spacial score (nSPS) is 27.6. The van der Waals surface area contributed by atoms with Gasteiger partial charge >= 0.3 is 0 Å². The molecule has 1 aliphatic heterocycles. The highest BCUT2D eigenvalue weighted by atomic mass is 16.5. The van der Waals surface area contributed by atoms with Crippen molar-refractivity contribution in [2.45, 2.75) is 25.9 Å². The number of nitrogens with two attached hydrogens (primary N) is 1. The highest BCUT2D eigenvalue weighted by Gasteiger charge is 2.29. The van der Waals surface area contributed by atoms with Crippen molar-refractivity contribution in [1.29, 1.82) is 0 Å². The van der Waals surface area contributed by atoms with E-state index < -0.39 is 0 Å². The first-order valence-electron chi connectivity index (χ1n) is 5.73. The zero-order valence-electron chi connectivity index (χ0n) is 10.1. The highest BCUT2D eigenvalue weighted by molar-refractivity contribution is 4.83. The first-order valence-corrected chi connectivity index (χ1v) is 5.73. The molecule has 0 saturated carbocycles. The Morgan fingerprint density at radius 1 is 1.60 bits per heavy atom.